The van der Waals surface area contributed by atoms with Crippen molar-refractivity contribution in [1.82, 2.24) is 0 Å². The monoisotopic (exact) mass is 263 g/mol. The van der Waals surface area contributed by atoms with Crippen LogP contribution in [-0.4, -0.2) is 17.1 Å². The molecular weight excluding hydrogens is 238 g/mol. The number of carboxylic acids is 1. The molecule has 3 nitrogen and oxygen atoms in total. The topological polar surface area (TPSA) is 49.3 Å². The molecule has 0 bridgehead atoms. The molecule has 0 aliphatic carbocycles. The van der Waals surface area contributed by atoms with Crippen molar-refractivity contribution in [2.45, 2.75) is 58.4 Å². The molecule has 0 saturated heterocycles. The first-order valence-electron chi connectivity index (χ1n) is 7.25. The number of unbranched alkanes of at least 4 members (excludes halogenated alkanes) is 2. The maximum Gasteiger partial charge on any atom is 0.326 e. The van der Waals surface area contributed by atoms with Gasteiger partial charge in [0, 0.05) is 5.69 Å². The number of aryl methyl sites for hydroxylation is 1. The van der Waals surface area contributed by atoms with Crippen molar-refractivity contribution in [2.24, 2.45) is 0 Å². The lowest BCUT2D eigenvalue weighted by atomic mass is 10.1. The molecule has 1 unspecified atom stereocenters. The highest BCUT2D eigenvalue weighted by molar-refractivity contribution is 5.77. The van der Waals surface area contributed by atoms with Gasteiger partial charge in [0.05, 0.1) is 0 Å². The van der Waals surface area contributed by atoms with Gasteiger partial charge < -0.3 is 10.4 Å². The quantitative estimate of drug-likeness (QED) is 0.705. The first-order chi connectivity index (χ1) is 9.17. The molecule has 1 rings (SSSR count). The van der Waals surface area contributed by atoms with Crippen LogP contribution in [0.2, 0.25) is 0 Å². The maximum atomic E-state index is 11.2. The van der Waals surface area contributed by atoms with Crippen LogP contribution in [0.5, 0.6) is 0 Å². The van der Waals surface area contributed by atoms with Crippen molar-refractivity contribution in [2.75, 3.05) is 5.32 Å². The molecule has 0 radical (unpaired) electrons. The summed E-state index contributed by atoms with van der Waals surface area (Å²) in [6.07, 6.45) is 6.09. The van der Waals surface area contributed by atoms with Gasteiger partial charge in [-0.3, -0.25) is 0 Å². The molecule has 0 fully saturated rings. The van der Waals surface area contributed by atoms with E-state index in [2.05, 4.69) is 31.3 Å². The Balaban J connectivity index is 2.56. The summed E-state index contributed by atoms with van der Waals surface area (Å²) >= 11 is 0. The van der Waals surface area contributed by atoms with E-state index in [0.717, 1.165) is 24.9 Å². The molecule has 0 saturated carbocycles. The van der Waals surface area contributed by atoms with Gasteiger partial charge >= 0.3 is 5.97 Å². The number of hydrogen-bond donors (Lipinski definition) is 2. The van der Waals surface area contributed by atoms with Crippen molar-refractivity contribution in [3.63, 3.8) is 0 Å². The predicted octanol–water partition coefficient (Wildman–Crippen LogP) is 4.08. The summed E-state index contributed by atoms with van der Waals surface area (Å²) in [6.45, 7) is 4.25. The number of carbonyl (C=O) groups is 1. The summed E-state index contributed by atoms with van der Waals surface area (Å²) in [5.74, 6) is -0.775. The molecular formula is C16H25NO2. The van der Waals surface area contributed by atoms with E-state index in [-0.39, 0.29) is 0 Å². The SMILES string of the molecule is CCCCc1ccc(NC(CCCC)C(=O)O)cc1. The van der Waals surface area contributed by atoms with Crippen molar-refractivity contribution < 1.29 is 9.90 Å². The van der Waals surface area contributed by atoms with E-state index in [0.29, 0.717) is 6.42 Å². The number of rotatable bonds is 9. The second kappa shape index (κ2) is 8.57. The molecule has 1 atom stereocenters. The highest BCUT2D eigenvalue weighted by Gasteiger charge is 2.15. The number of hydrogen-bond acceptors (Lipinski definition) is 2. The Morgan fingerprint density at radius 3 is 2.32 bits per heavy atom. The molecule has 0 spiro atoms. The lowest BCUT2D eigenvalue weighted by Gasteiger charge is -2.15. The van der Waals surface area contributed by atoms with Gasteiger partial charge in [-0.1, -0.05) is 45.2 Å². The van der Waals surface area contributed by atoms with Gasteiger partial charge in [0.1, 0.15) is 6.04 Å². The highest BCUT2D eigenvalue weighted by Crippen LogP contribution is 2.14. The average molecular weight is 263 g/mol. The normalized spacial score (nSPS) is 12.1. The van der Waals surface area contributed by atoms with E-state index in [9.17, 15) is 4.79 Å². The van der Waals surface area contributed by atoms with Gasteiger partial charge in [-0.05, 0) is 37.0 Å². The Kier molecular flexibility index (Phi) is 7.01. The second-order valence-corrected chi connectivity index (χ2v) is 4.98. The van der Waals surface area contributed by atoms with Gasteiger partial charge in [-0.25, -0.2) is 4.79 Å². The zero-order chi connectivity index (χ0) is 14.1. The smallest absolute Gasteiger partial charge is 0.326 e. The Bertz CT molecular complexity index is 373. The summed E-state index contributed by atoms with van der Waals surface area (Å²) in [4.78, 5) is 11.2. The van der Waals surface area contributed by atoms with Crippen LogP contribution in [0, 0.1) is 0 Å². The third-order valence-electron chi connectivity index (χ3n) is 3.26. The van der Waals surface area contributed by atoms with Crippen LogP contribution in [0.1, 0.15) is 51.5 Å². The molecule has 2 N–H and O–H groups in total. The van der Waals surface area contributed by atoms with Crippen LogP contribution in [0.3, 0.4) is 0 Å². The Hall–Kier alpha value is -1.51. The number of carboxylic acid groups (broad SMARTS) is 1. The van der Waals surface area contributed by atoms with E-state index in [4.69, 9.17) is 5.11 Å². The molecule has 106 valence electrons. The minimum absolute atomic E-state index is 0.485. The summed E-state index contributed by atoms with van der Waals surface area (Å²) < 4.78 is 0. The minimum atomic E-state index is -0.775. The summed E-state index contributed by atoms with van der Waals surface area (Å²) in [6, 6.07) is 7.63. The average Bonchev–Trinajstić information content (AvgIpc) is 2.42. The van der Waals surface area contributed by atoms with Gasteiger partial charge in [-0.2, -0.15) is 0 Å². The third-order valence-corrected chi connectivity index (χ3v) is 3.26. The maximum absolute atomic E-state index is 11.2. The first-order valence-corrected chi connectivity index (χ1v) is 7.25. The molecule has 0 heterocycles. The van der Waals surface area contributed by atoms with Gasteiger partial charge in [-0.15, -0.1) is 0 Å². The molecule has 0 aromatic heterocycles. The molecule has 19 heavy (non-hydrogen) atoms. The Morgan fingerprint density at radius 1 is 1.16 bits per heavy atom. The fourth-order valence-corrected chi connectivity index (χ4v) is 2.02. The third kappa shape index (κ3) is 5.77. The zero-order valence-corrected chi connectivity index (χ0v) is 12.0. The Morgan fingerprint density at radius 2 is 1.79 bits per heavy atom. The van der Waals surface area contributed by atoms with Crippen LogP contribution in [0.15, 0.2) is 24.3 Å². The molecule has 1 aromatic rings. The minimum Gasteiger partial charge on any atom is -0.480 e. The van der Waals surface area contributed by atoms with Crippen molar-refractivity contribution in [3.8, 4) is 0 Å². The van der Waals surface area contributed by atoms with Crippen molar-refractivity contribution in [1.29, 1.82) is 0 Å². The molecule has 3 heteroatoms. The molecule has 0 aliphatic heterocycles. The number of nitrogens with one attached hydrogen (secondary N) is 1. The standard InChI is InChI=1S/C16H25NO2/c1-3-5-7-13-9-11-14(12-10-13)17-15(16(18)19)8-6-4-2/h9-12,15,17H,3-8H2,1-2H3,(H,18,19). The van der Waals surface area contributed by atoms with Crippen molar-refractivity contribution >= 4 is 11.7 Å². The zero-order valence-electron chi connectivity index (χ0n) is 12.0. The van der Waals surface area contributed by atoms with Gasteiger partial charge in [0.15, 0.2) is 0 Å². The molecule has 0 amide bonds. The van der Waals surface area contributed by atoms with Crippen molar-refractivity contribution in [3.05, 3.63) is 29.8 Å². The predicted molar refractivity (Wildman–Crippen MR) is 79.6 cm³/mol. The molecule has 1 aromatic carbocycles. The van der Waals surface area contributed by atoms with Gasteiger partial charge in [0.25, 0.3) is 0 Å². The summed E-state index contributed by atoms with van der Waals surface area (Å²) in [5.41, 5.74) is 2.21. The summed E-state index contributed by atoms with van der Waals surface area (Å²) in [7, 11) is 0. The van der Waals surface area contributed by atoms with E-state index >= 15 is 0 Å². The first kappa shape index (κ1) is 15.5. The lowest BCUT2D eigenvalue weighted by Crippen LogP contribution is -2.29. The highest BCUT2D eigenvalue weighted by atomic mass is 16.4. The van der Waals surface area contributed by atoms with Crippen LogP contribution < -0.4 is 5.32 Å². The number of benzene rings is 1. The fourth-order valence-electron chi connectivity index (χ4n) is 2.02. The fraction of sp³-hybridized carbons (Fsp3) is 0.562. The second-order valence-electron chi connectivity index (χ2n) is 4.98. The number of anilines is 1. The van der Waals surface area contributed by atoms with Gasteiger partial charge in [0.2, 0.25) is 0 Å². The van der Waals surface area contributed by atoms with Crippen LogP contribution in [0.4, 0.5) is 5.69 Å². The number of aliphatic carboxylic acids is 1. The summed E-state index contributed by atoms with van der Waals surface area (Å²) in [5, 5.41) is 12.3. The van der Waals surface area contributed by atoms with E-state index < -0.39 is 12.0 Å². The van der Waals surface area contributed by atoms with Crippen LogP contribution in [-0.2, 0) is 11.2 Å². The Labute approximate surface area is 116 Å². The lowest BCUT2D eigenvalue weighted by molar-refractivity contribution is -0.138. The molecule has 0 aliphatic rings. The van der Waals surface area contributed by atoms with E-state index in [1.807, 2.05) is 12.1 Å². The van der Waals surface area contributed by atoms with E-state index in [1.54, 1.807) is 0 Å². The van der Waals surface area contributed by atoms with Crippen LogP contribution >= 0.6 is 0 Å². The largest absolute Gasteiger partial charge is 0.480 e. The van der Waals surface area contributed by atoms with E-state index in [1.165, 1.54) is 18.4 Å². The van der Waals surface area contributed by atoms with Crippen LogP contribution in [0.25, 0.3) is 0 Å².